The minimum absolute atomic E-state index is 0.0648. The number of amides is 3. The summed E-state index contributed by atoms with van der Waals surface area (Å²) in [5.74, 6) is -0.240. The van der Waals surface area contributed by atoms with Gasteiger partial charge in [0.25, 0.3) is 5.91 Å². The number of rotatable bonds is 7. The summed E-state index contributed by atoms with van der Waals surface area (Å²) in [5.41, 5.74) is 4.15. The molecule has 2 N–H and O–H groups in total. The van der Waals surface area contributed by atoms with Crippen LogP contribution < -0.4 is 10.6 Å². The molecule has 0 radical (unpaired) electrons. The lowest BCUT2D eigenvalue weighted by molar-refractivity contribution is -0.120. The fourth-order valence-corrected chi connectivity index (χ4v) is 6.13. The van der Waals surface area contributed by atoms with Crippen molar-refractivity contribution in [2.45, 2.75) is 31.7 Å². The van der Waals surface area contributed by atoms with E-state index in [-0.39, 0.29) is 30.6 Å². The molecule has 200 valence electrons. The van der Waals surface area contributed by atoms with E-state index in [1.165, 1.54) is 16.2 Å². The first-order valence-corrected chi connectivity index (χ1v) is 13.7. The predicted molar refractivity (Wildman–Crippen MR) is 150 cm³/mol. The minimum atomic E-state index is -0.699. The van der Waals surface area contributed by atoms with Crippen LogP contribution in [0.25, 0.3) is 0 Å². The Bertz CT molecular complexity index is 1680. The van der Waals surface area contributed by atoms with Gasteiger partial charge in [0.05, 0.1) is 10.4 Å². The Balaban J connectivity index is 1.21. The lowest BCUT2D eigenvalue weighted by Crippen LogP contribution is -2.38. The zero-order chi connectivity index (χ0) is 27.9. The number of carbonyl (C=O) groups excluding carboxylic acids is 4. The highest BCUT2D eigenvalue weighted by molar-refractivity contribution is 7.09. The molecule has 1 atom stereocenters. The Morgan fingerprint density at radius 1 is 1.12 bits per heavy atom. The summed E-state index contributed by atoms with van der Waals surface area (Å²) in [5, 5.41) is 8.21. The molecular formula is C30H25N5O4S. The Kier molecular flexibility index (Phi) is 6.47. The van der Waals surface area contributed by atoms with Crippen LogP contribution in [0.4, 0.5) is 11.5 Å². The van der Waals surface area contributed by atoms with Gasteiger partial charge >= 0.3 is 0 Å². The number of thiazole rings is 1. The minimum Gasteiger partial charge on any atom is -0.325 e. The molecule has 1 aliphatic heterocycles. The van der Waals surface area contributed by atoms with Gasteiger partial charge in [0.1, 0.15) is 24.3 Å². The molecule has 6 rings (SSSR count). The summed E-state index contributed by atoms with van der Waals surface area (Å²) in [4.78, 5) is 61.1. The number of hydrogen-bond acceptors (Lipinski definition) is 7. The second-order valence-corrected chi connectivity index (χ2v) is 11.1. The van der Waals surface area contributed by atoms with E-state index in [1.807, 2.05) is 37.3 Å². The van der Waals surface area contributed by atoms with Crippen molar-refractivity contribution in [2.24, 2.45) is 0 Å². The van der Waals surface area contributed by atoms with Crippen LogP contribution in [0.1, 0.15) is 48.1 Å². The van der Waals surface area contributed by atoms with Gasteiger partial charge in [-0.05, 0) is 54.7 Å². The van der Waals surface area contributed by atoms with Crippen LogP contribution in [0.5, 0.6) is 0 Å². The number of nitrogens with zero attached hydrogens (tertiary/aromatic N) is 3. The van der Waals surface area contributed by atoms with Crippen molar-refractivity contribution < 1.29 is 19.2 Å². The first-order valence-electron chi connectivity index (χ1n) is 12.8. The van der Waals surface area contributed by atoms with Crippen LogP contribution in [0.2, 0.25) is 0 Å². The summed E-state index contributed by atoms with van der Waals surface area (Å²) in [7, 11) is 0. The lowest BCUT2D eigenvalue weighted by Gasteiger charge is -2.22. The monoisotopic (exact) mass is 551 g/mol. The molecule has 9 nitrogen and oxygen atoms in total. The van der Waals surface area contributed by atoms with E-state index in [0.29, 0.717) is 35.5 Å². The summed E-state index contributed by atoms with van der Waals surface area (Å²) in [6, 6.07) is 16.4. The molecule has 0 fully saturated rings. The Morgan fingerprint density at radius 2 is 1.95 bits per heavy atom. The van der Waals surface area contributed by atoms with Crippen molar-refractivity contribution >= 4 is 46.8 Å². The quantitative estimate of drug-likeness (QED) is 0.336. The van der Waals surface area contributed by atoms with Crippen LogP contribution >= 0.6 is 11.3 Å². The zero-order valence-corrected chi connectivity index (χ0v) is 22.5. The molecule has 0 bridgehead atoms. The standard InChI is InChI=1S/C30H25N5O4S/c1-18-32-25(17-40-18)28(38)35(14-20-5-2-3-6-21(20)16-36)15-26(37)33-23-9-8-19-12-30(13-22(19)11-23)24-7-4-10-31-27(24)34-29(30)39/h2-11,16-17H,12-15H2,1H3,(H,33,37)(H,31,34,39). The highest BCUT2D eigenvalue weighted by atomic mass is 32.1. The van der Waals surface area contributed by atoms with Gasteiger partial charge in [-0.25, -0.2) is 9.97 Å². The predicted octanol–water partition coefficient (Wildman–Crippen LogP) is 3.93. The summed E-state index contributed by atoms with van der Waals surface area (Å²) in [6.07, 6.45) is 3.47. The van der Waals surface area contributed by atoms with Crippen molar-refractivity contribution in [1.82, 2.24) is 14.9 Å². The third-order valence-corrected chi connectivity index (χ3v) is 8.24. The lowest BCUT2D eigenvalue weighted by atomic mass is 9.79. The third-order valence-electron chi connectivity index (χ3n) is 7.47. The maximum absolute atomic E-state index is 13.3. The van der Waals surface area contributed by atoms with Gasteiger partial charge in [0, 0.05) is 34.9 Å². The molecular weight excluding hydrogens is 526 g/mol. The van der Waals surface area contributed by atoms with Crippen molar-refractivity contribution in [3.05, 3.63) is 105 Å². The van der Waals surface area contributed by atoms with E-state index < -0.39 is 11.3 Å². The van der Waals surface area contributed by atoms with Gasteiger partial charge < -0.3 is 15.5 Å². The first-order chi connectivity index (χ1) is 19.4. The van der Waals surface area contributed by atoms with Gasteiger partial charge in [-0.15, -0.1) is 11.3 Å². The molecule has 2 aliphatic rings. The van der Waals surface area contributed by atoms with Crippen molar-refractivity contribution in [3.8, 4) is 0 Å². The van der Waals surface area contributed by atoms with E-state index in [2.05, 4.69) is 20.6 Å². The molecule has 40 heavy (non-hydrogen) atoms. The maximum Gasteiger partial charge on any atom is 0.274 e. The molecule has 1 unspecified atom stereocenters. The summed E-state index contributed by atoms with van der Waals surface area (Å²) < 4.78 is 0. The highest BCUT2D eigenvalue weighted by Crippen LogP contribution is 2.46. The molecule has 10 heteroatoms. The van der Waals surface area contributed by atoms with Gasteiger partial charge in [0.2, 0.25) is 11.8 Å². The maximum atomic E-state index is 13.3. The molecule has 3 amide bonds. The number of nitrogens with one attached hydrogen (secondary N) is 2. The Morgan fingerprint density at radius 3 is 2.75 bits per heavy atom. The molecule has 1 spiro atoms. The topological polar surface area (TPSA) is 121 Å². The van der Waals surface area contributed by atoms with Crippen molar-refractivity contribution in [2.75, 3.05) is 17.2 Å². The van der Waals surface area contributed by atoms with Crippen LogP contribution in [-0.2, 0) is 34.4 Å². The van der Waals surface area contributed by atoms with Gasteiger partial charge in [-0.2, -0.15) is 0 Å². The van der Waals surface area contributed by atoms with E-state index in [0.717, 1.165) is 28.0 Å². The highest BCUT2D eigenvalue weighted by Gasteiger charge is 2.51. The fourth-order valence-electron chi connectivity index (χ4n) is 5.54. The van der Waals surface area contributed by atoms with E-state index in [4.69, 9.17) is 0 Å². The second kappa shape index (κ2) is 10.1. The number of aromatic nitrogens is 2. The molecule has 2 aromatic carbocycles. The van der Waals surface area contributed by atoms with E-state index in [1.54, 1.807) is 35.8 Å². The number of anilines is 2. The number of benzene rings is 2. The number of fused-ring (bicyclic) bond motifs is 3. The summed E-state index contributed by atoms with van der Waals surface area (Å²) >= 11 is 1.35. The van der Waals surface area contributed by atoms with Crippen LogP contribution in [0, 0.1) is 6.92 Å². The number of carbonyl (C=O) groups is 4. The molecule has 0 saturated carbocycles. The number of pyridine rings is 1. The normalized spacial score (nSPS) is 16.8. The molecule has 0 saturated heterocycles. The molecule has 4 aromatic rings. The summed E-state index contributed by atoms with van der Waals surface area (Å²) in [6.45, 7) is 1.65. The molecule has 1 aliphatic carbocycles. The van der Waals surface area contributed by atoms with Gasteiger partial charge in [-0.1, -0.05) is 36.4 Å². The molecule has 2 aromatic heterocycles. The smallest absolute Gasteiger partial charge is 0.274 e. The van der Waals surface area contributed by atoms with Crippen molar-refractivity contribution in [1.29, 1.82) is 0 Å². The largest absolute Gasteiger partial charge is 0.325 e. The average molecular weight is 552 g/mol. The van der Waals surface area contributed by atoms with Crippen LogP contribution in [-0.4, -0.2) is 45.4 Å². The van der Waals surface area contributed by atoms with Crippen LogP contribution in [0.15, 0.2) is 66.2 Å². The Hall–Kier alpha value is -4.70. The van der Waals surface area contributed by atoms with Gasteiger partial charge in [0.15, 0.2) is 0 Å². The zero-order valence-electron chi connectivity index (χ0n) is 21.6. The number of aryl methyl sites for hydroxylation is 1. The molecule has 3 heterocycles. The van der Waals surface area contributed by atoms with Crippen LogP contribution in [0.3, 0.4) is 0 Å². The average Bonchev–Trinajstić information content (AvgIpc) is 3.63. The number of hydrogen-bond donors (Lipinski definition) is 2. The van der Waals surface area contributed by atoms with Gasteiger partial charge in [-0.3, -0.25) is 19.2 Å². The van der Waals surface area contributed by atoms with E-state index in [9.17, 15) is 19.2 Å². The fraction of sp³-hybridized carbons (Fsp3) is 0.200. The first kappa shape index (κ1) is 25.6. The van der Waals surface area contributed by atoms with E-state index >= 15 is 0 Å². The van der Waals surface area contributed by atoms with Crippen molar-refractivity contribution in [3.63, 3.8) is 0 Å². The Labute approximate surface area is 234 Å². The second-order valence-electron chi connectivity index (χ2n) is 10.1. The third kappa shape index (κ3) is 4.56. The SMILES string of the molecule is Cc1nc(C(=O)N(CC(=O)Nc2ccc3c(c2)CC2(C3)C(=O)Nc3ncccc32)Cc2ccccc2C=O)cs1. The number of aldehydes is 1.